The van der Waals surface area contributed by atoms with Gasteiger partial charge in [0.1, 0.15) is 5.56 Å². The van der Waals surface area contributed by atoms with Gasteiger partial charge >= 0.3 is 0 Å². The van der Waals surface area contributed by atoms with Gasteiger partial charge in [0.15, 0.2) is 0 Å². The fraction of sp³-hybridized carbons (Fsp3) is 0.0714. The summed E-state index contributed by atoms with van der Waals surface area (Å²) in [5, 5.41) is 8.49. The summed E-state index contributed by atoms with van der Waals surface area (Å²) in [5.74, 6) is -0.496. The molecule has 1 N–H and O–H groups in total. The van der Waals surface area contributed by atoms with Crippen molar-refractivity contribution in [1.82, 2.24) is 14.8 Å². The highest BCUT2D eigenvalue weighted by Gasteiger charge is 2.25. The normalized spacial score (nSPS) is 10.9. The minimum Gasteiger partial charge on any atom is -0.320 e. The summed E-state index contributed by atoms with van der Waals surface area (Å²) in [4.78, 5) is 31.7. The lowest BCUT2D eigenvalue weighted by Crippen LogP contribution is -2.32. The number of nitrogens with one attached hydrogen (secondary N) is 1. The van der Waals surface area contributed by atoms with Crippen molar-refractivity contribution < 1.29 is 4.79 Å². The van der Waals surface area contributed by atoms with Crippen LogP contribution in [0.3, 0.4) is 0 Å². The number of fused-ring (bicyclic) bond motifs is 1. The Morgan fingerprint density at radius 3 is 2.24 bits per heavy atom. The van der Waals surface area contributed by atoms with Gasteiger partial charge in [-0.25, -0.2) is 4.68 Å². The number of aromatic nitrogens is 3. The van der Waals surface area contributed by atoms with E-state index in [0.29, 0.717) is 29.0 Å². The number of aryl methyl sites for hydroxylation is 1. The minimum atomic E-state index is -0.496. The molecule has 0 fully saturated rings. The Bertz CT molecular complexity index is 1540. The van der Waals surface area contributed by atoms with Crippen molar-refractivity contribution in [3.8, 4) is 22.4 Å². The van der Waals surface area contributed by atoms with Crippen molar-refractivity contribution in [2.75, 3.05) is 5.32 Å². The smallest absolute Gasteiger partial charge is 0.280 e. The molecule has 0 aliphatic carbocycles. The molecule has 0 atom stereocenters. The number of carbonyl (C=O) groups is 1. The standard InChI is InChI=1S/C28H22N4O2/c1-2-32-28(34)24(27(33)30-22-17-9-15-20-16-10-18-29-25(20)22)23(19-11-5-3-6-12-19)26(31-32)21-13-7-4-8-14-21/h3-18H,2H2,1H3,(H,30,33). The highest BCUT2D eigenvalue weighted by Crippen LogP contribution is 2.32. The highest BCUT2D eigenvalue weighted by atomic mass is 16.2. The lowest BCUT2D eigenvalue weighted by Gasteiger charge is -2.17. The fourth-order valence-corrected chi connectivity index (χ4v) is 4.07. The van der Waals surface area contributed by atoms with Crippen LogP contribution in [0, 0.1) is 0 Å². The molecule has 2 heterocycles. The zero-order valence-corrected chi connectivity index (χ0v) is 18.6. The molecule has 0 unspecified atom stereocenters. The van der Waals surface area contributed by atoms with Crippen molar-refractivity contribution in [1.29, 1.82) is 0 Å². The largest absolute Gasteiger partial charge is 0.320 e. The molecule has 1 amide bonds. The Morgan fingerprint density at radius 2 is 1.53 bits per heavy atom. The van der Waals surface area contributed by atoms with E-state index < -0.39 is 11.5 Å². The zero-order chi connectivity index (χ0) is 23.5. The molecule has 0 saturated heterocycles. The van der Waals surface area contributed by atoms with Gasteiger partial charge in [-0.2, -0.15) is 5.10 Å². The zero-order valence-electron chi connectivity index (χ0n) is 18.6. The summed E-state index contributed by atoms with van der Waals surface area (Å²) < 4.78 is 1.34. The summed E-state index contributed by atoms with van der Waals surface area (Å²) in [5.41, 5.74) is 3.47. The van der Waals surface area contributed by atoms with Crippen LogP contribution in [0.15, 0.2) is 102 Å². The van der Waals surface area contributed by atoms with Gasteiger partial charge in [-0.1, -0.05) is 78.9 Å². The number of anilines is 1. The number of pyridine rings is 1. The van der Waals surface area contributed by atoms with Crippen LogP contribution in [-0.4, -0.2) is 20.7 Å². The van der Waals surface area contributed by atoms with E-state index in [2.05, 4.69) is 15.4 Å². The molecule has 166 valence electrons. The van der Waals surface area contributed by atoms with E-state index in [9.17, 15) is 9.59 Å². The SMILES string of the molecule is CCn1nc(-c2ccccc2)c(-c2ccccc2)c(C(=O)Nc2cccc3cccnc23)c1=O. The highest BCUT2D eigenvalue weighted by molar-refractivity contribution is 6.12. The second-order valence-corrected chi connectivity index (χ2v) is 7.79. The molecule has 0 saturated carbocycles. The Morgan fingerprint density at radius 1 is 0.853 bits per heavy atom. The van der Waals surface area contributed by atoms with E-state index in [-0.39, 0.29) is 5.56 Å². The van der Waals surface area contributed by atoms with Crippen LogP contribution >= 0.6 is 0 Å². The summed E-state index contributed by atoms with van der Waals surface area (Å²) in [7, 11) is 0. The quantitative estimate of drug-likeness (QED) is 0.392. The van der Waals surface area contributed by atoms with Crippen LogP contribution < -0.4 is 10.9 Å². The molecule has 0 aliphatic heterocycles. The average molecular weight is 447 g/mol. The summed E-state index contributed by atoms with van der Waals surface area (Å²) in [6.07, 6.45) is 1.68. The number of para-hydroxylation sites is 1. The summed E-state index contributed by atoms with van der Waals surface area (Å²) in [6.45, 7) is 2.17. The van der Waals surface area contributed by atoms with Crippen LogP contribution in [0.5, 0.6) is 0 Å². The van der Waals surface area contributed by atoms with Gasteiger partial charge in [-0.3, -0.25) is 14.6 Å². The summed E-state index contributed by atoms with van der Waals surface area (Å²) in [6, 6.07) is 28.4. The predicted molar refractivity (Wildman–Crippen MR) is 135 cm³/mol. The Balaban J connectivity index is 1.75. The first kappa shape index (κ1) is 21.3. The van der Waals surface area contributed by atoms with Crippen molar-refractivity contribution in [2.45, 2.75) is 13.5 Å². The van der Waals surface area contributed by atoms with E-state index in [1.165, 1.54) is 4.68 Å². The maximum absolute atomic E-state index is 13.7. The lowest BCUT2D eigenvalue weighted by atomic mass is 9.95. The van der Waals surface area contributed by atoms with Gasteiger partial charge in [0.2, 0.25) is 0 Å². The molecule has 6 heteroatoms. The van der Waals surface area contributed by atoms with Gasteiger partial charge in [0.25, 0.3) is 11.5 Å². The summed E-state index contributed by atoms with van der Waals surface area (Å²) >= 11 is 0. The fourth-order valence-electron chi connectivity index (χ4n) is 4.07. The number of carbonyl (C=O) groups excluding carboxylic acids is 1. The van der Waals surface area contributed by atoms with Crippen LogP contribution in [0.2, 0.25) is 0 Å². The lowest BCUT2D eigenvalue weighted by molar-refractivity contribution is 0.102. The van der Waals surface area contributed by atoms with Crippen molar-refractivity contribution >= 4 is 22.5 Å². The maximum atomic E-state index is 13.7. The Hall–Kier alpha value is -4.58. The third-order valence-corrected chi connectivity index (χ3v) is 5.67. The van der Waals surface area contributed by atoms with Crippen LogP contribution in [0.4, 0.5) is 5.69 Å². The topological polar surface area (TPSA) is 76.9 Å². The molecule has 3 aromatic carbocycles. The molecule has 5 rings (SSSR count). The van der Waals surface area contributed by atoms with E-state index in [1.54, 1.807) is 12.3 Å². The van der Waals surface area contributed by atoms with Gasteiger partial charge in [0.05, 0.1) is 16.9 Å². The molecule has 2 aromatic heterocycles. The Kier molecular flexibility index (Phi) is 5.70. The number of nitrogens with zero attached hydrogens (tertiary/aromatic N) is 3. The molecule has 5 aromatic rings. The average Bonchev–Trinajstić information content (AvgIpc) is 2.89. The number of hydrogen-bond acceptors (Lipinski definition) is 4. The van der Waals surface area contributed by atoms with Gasteiger partial charge in [-0.05, 0) is 24.6 Å². The molecule has 0 aliphatic rings. The third kappa shape index (κ3) is 3.86. The molecular formula is C28H22N4O2. The second-order valence-electron chi connectivity index (χ2n) is 7.79. The molecule has 0 radical (unpaired) electrons. The van der Waals surface area contributed by atoms with Crippen molar-refractivity contribution in [2.24, 2.45) is 0 Å². The van der Waals surface area contributed by atoms with E-state index in [0.717, 1.165) is 16.5 Å². The van der Waals surface area contributed by atoms with Crippen LogP contribution in [0.1, 0.15) is 17.3 Å². The minimum absolute atomic E-state index is 0.0508. The third-order valence-electron chi connectivity index (χ3n) is 5.67. The van der Waals surface area contributed by atoms with Gasteiger partial charge in [-0.15, -0.1) is 0 Å². The molecular weight excluding hydrogens is 424 g/mol. The number of rotatable bonds is 5. The van der Waals surface area contributed by atoms with Gasteiger partial charge in [0, 0.05) is 29.3 Å². The van der Waals surface area contributed by atoms with Gasteiger partial charge < -0.3 is 5.32 Å². The van der Waals surface area contributed by atoms with E-state index in [1.807, 2.05) is 91.9 Å². The van der Waals surface area contributed by atoms with Crippen LogP contribution in [0.25, 0.3) is 33.3 Å². The van der Waals surface area contributed by atoms with E-state index in [4.69, 9.17) is 0 Å². The molecule has 34 heavy (non-hydrogen) atoms. The number of hydrogen-bond donors (Lipinski definition) is 1. The first-order valence-electron chi connectivity index (χ1n) is 11.1. The van der Waals surface area contributed by atoms with Crippen molar-refractivity contribution in [3.05, 3.63) is 113 Å². The monoisotopic (exact) mass is 446 g/mol. The molecule has 6 nitrogen and oxygen atoms in total. The first-order valence-corrected chi connectivity index (χ1v) is 11.1. The molecule has 0 bridgehead atoms. The van der Waals surface area contributed by atoms with E-state index >= 15 is 0 Å². The Labute approximate surface area is 196 Å². The predicted octanol–water partition coefficient (Wildman–Crippen LogP) is 5.40. The van der Waals surface area contributed by atoms with Crippen molar-refractivity contribution in [3.63, 3.8) is 0 Å². The first-order chi connectivity index (χ1) is 16.7. The number of amides is 1. The second kappa shape index (κ2) is 9.11. The van der Waals surface area contributed by atoms with Crippen LogP contribution in [-0.2, 0) is 6.54 Å². The maximum Gasteiger partial charge on any atom is 0.280 e. The number of benzene rings is 3. The molecule has 0 spiro atoms.